The lowest BCUT2D eigenvalue weighted by atomic mass is 9.82. The summed E-state index contributed by atoms with van der Waals surface area (Å²) in [5, 5.41) is 39.1. The number of aliphatic hydroxyl groups is 3. The molecule has 0 heterocycles. The fraction of sp³-hybridized carbons (Fsp3) is 0.880. The Bertz CT molecular complexity index is 544. The van der Waals surface area contributed by atoms with E-state index >= 15 is 0 Å². The molecule has 1 fully saturated rings. The van der Waals surface area contributed by atoms with E-state index in [0.717, 1.165) is 38.5 Å². The van der Waals surface area contributed by atoms with Crippen molar-refractivity contribution in [2.45, 2.75) is 116 Å². The van der Waals surface area contributed by atoms with E-state index in [9.17, 15) is 25.2 Å². The summed E-state index contributed by atoms with van der Waals surface area (Å²) >= 11 is 0. The first-order valence-corrected chi connectivity index (χ1v) is 12.1. The molecule has 0 aromatic rings. The lowest BCUT2D eigenvalue weighted by molar-refractivity contribution is -0.232. The Kier molecular flexibility index (Phi) is 12.3. The zero-order valence-electron chi connectivity index (χ0n) is 20.1. The molecule has 4 N–H and O–H groups in total. The largest absolute Gasteiger partial charge is 0.477 e. The number of carbonyl (C=O) groups is 1. The van der Waals surface area contributed by atoms with Crippen molar-refractivity contribution < 1.29 is 30.0 Å². The van der Waals surface area contributed by atoms with Crippen LogP contribution in [-0.2, 0) is 9.53 Å². The van der Waals surface area contributed by atoms with Crippen LogP contribution in [0.4, 0.5) is 0 Å². The topological polar surface area (TPSA) is 107 Å². The Morgan fingerprint density at radius 2 is 1.87 bits per heavy atom. The number of allylic oxidation sites excluding steroid dienone is 2. The number of unbranched alkanes of at least 4 members (excludes halogenated alkanes) is 3. The smallest absolute Gasteiger partial charge is 0.364 e. The van der Waals surface area contributed by atoms with Gasteiger partial charge in [-0.15, -0.1) is 0 Å². The van der Waals surface area contributed by atoms with Gasteiger partial charge in [0.25, 0.3) is 5.79 Å². The van der Waals surface area contributed by atoms with Crippen LogP contribution >= 0.6 is 0 Å². The average Bonchev–Trinajstić information content (AvgIpc) is 3.04. The lowest BCUT2D eigenvalue weighted by Crippen LogP contribution is -2.43. The van der Waals surface area contributed by atoms with Crippen molar-refractivity contribution >= 4 is 5.97 Å². The molecule has 0 aliphatic heterocycles. The number of carboxylic acids is 1. The maximum absolute atomic E-state index is 11.3. The highest BCUT2D eigenvalue weighted by Crippen LogP contribution is 2.37. The van der Waals surface area contributed by atoms with E-state index in [1.807, 2.05) is 0 Å². The molecule has 0 bridgehead atoms. The molecule has 0 aromatic heterocycles. The number of carboxylic acid groups (broad SMARTS) is 1. The SMILES string of the molecule is CCCCC(C)(C)CC=C[C@H]1CC[C@H](O)[C@@H]1CCCCCC(O)(OCC(C)O)C(=O)O. The van der Waals surface area contributed by atoms with Gasteiger partial charge >= 0.3 is 5.97 Å². The van der Waals surface area contributed by atoms with E-state index in [-0.39, 0.29) is 25.0 Å². The van der Waals surface area contributed by atoms with Crippen molar-refractivity contribution in [1.82, 2.24) is 0 Å². The Balaban J connectivity index is 2.43. The lowest BCUT2D eigenvalue weighted by Gasteiger charge is -2.25. The minimum Gasteiger partial charge on any atom is -0.477 e. The van der Waals surface area contributed by atoms with Crippen LogP contribution in [0, 0.1) is 17.3 Å². The van der Waals surface area contributed by atoms with Crippen molar-refractivity contribution in [3.63, 3.8) is 0 Å². The molecule has 0 saturated heterocycles. The molecule has 2 unspecified atom stereocenters. The zero-order chi connectivity index (χ0) is 23.5. The third kappa shape index (κ3) is 10.5. The third-order valence-corrected chi connectivity index (χ3v) is 6.55. The summed E-state index contributed by atoms with van der Waals surface area (Å²) in [6.45, 7) is 8.11. The minimum absolute atomic E-state index is 0.0154. The molecular formula is C25H46O6. The molecule has 182 valence electrons. The number of rotatable bonds is 16. The van der Waals surface area contributed by atoms with Gasteiger partial charge in [0, 0.05) is 6.42 Å². The van der Waals surface area contributed by atoms with Crippen molar-refractivity contribution in [2.24, 2.45) is 17.3 Å². The van der Waals surface area contributed by atoms with Crippen LogP contribution in [0.2, 0.25) is 0 Å². The molecule has 0 aromatic carbocycles. The third-order valence-electron chi connectivity index (χ3n) is 6.55. The summed E-state index contributed by atoms with van der Waals surface area (Å²) in [5.41, 5.74) is 0.316. The van der Waals surface area contributed by atoms with Gasteiger partial charge in [-0.05, 0) is 62.7 Å². The van der Waals surface area contributed by atoms with Crippen LogP contribution < -0.4 is 0 Å². The highest BCUT2D eigenvalue weighted by Gasteiger charge is 2.37. The van der Waals surface area contributed by atoms with E-state index < -0.39 is 17.9 Å². The molecule has 1 aliphatic rings. The first-order chi connectivity index (χ1) is 14.5. The van der Waals surface area contributed by atoms with Crippen LogP contribution in [0.5, 0.6) is 0 Å². The van der Waals surface area contributed by atoms with Crippen LogP contribution in [-0.4, -0.2) is 51.0 Å². The van der Waals surface area contributed by atoms with Gasteiger partial charge in [0.15, 0.2) is 0 Å². The van der Waals surface area contributed by atoms with Gasteiger partial charge in [-0.25, -0.2) is 4.79 Å². The van der Waals surface area contributed by atoms with Crippen molar-refractivity contribution in [3.8, 4) is 0 Å². The normalized spacial score (nSPS) is 25.1. The van der Waals surface area contributed by atoms with E-state index in [4.69, 9.17) is 4.74 Å². The van der Waals surface area contributed by atoms with Crippen molar-refractivity contribution in [2.75, 3.05) is 6.61 Å². The van der Waals surface area contributed by atoms with Gasteiger partial charge in [0.1, 0.15) is 0 Å². The predicted molar refractivity (Wildman–Crippen MR) is 123 cm³/mol. The molecule has 6 heteroatoms. The highest BCUT2D eigenvalue weighted by atomic mass is 16.6. The van der Waals surface area contributed by atoms with E-state index in [0.29, 0.717) is 17.8 Å². The Morgan fingerprint density at radius 3 is 2.48 bits per heavy atom. The number of ether oxygens (including phenoxy) is 1. The Labute approximate surface area is 188 Å². The predicted octanol–water partition coefficient (Wildman–Crippen LogP) is 4.66. The van der Waals surface area contributed by atoms with Crippen molar-refractivity contribution in [1.29, 1.82) is 0 Å². The molecule has 5 atom stereocenters. The number of hydrogen-bond acceptors (Lipinski definition) is 5. The standard InChI is InChI=1S/C25H46O6/c1-5-6-15-24(3,4)16-10-11-20-13-14-22(27)21(20)12-8-7-9-17-25(30,23(28)29)31-18-19(2)26/h10-11,19-22,26-27,30H,5-9,12-18H2,1-4H3,(H,28,29)/t19?,20-,21+,22-,25?/m0/s1. The fourth-order valence-corrected chi connectivity index (χ4v) is 4.46. The van der Waals surface area contributed by atoms with Gasteiger partial charge in [0.05, 0.1) is 18.8 Å². The molecule has 1 aliphatic carbocycles. The summed E-state index contributed by atoms with van der Waals surface area (Å²) < 4.78 is 5.02. The molecular weight excluding hydrogens is 396 g/mol. The Hall–Kier alpha value is -0.950. The van der Waals surface area contributed by atoms with E-state index in [1.54, 1.807) is 0 Å². The quantitative estimate of drug-likeness (QED) is 0.157. The average molecular weight is 443 g/mol. The van der Waals surface area contributed by atoms with E-state index in [2.05, 4.69) is 32.9 Å². The summed E-state index contributed by atoms with van der Waals surface area (Å²) in [6, 6.07) is 0. The highest BCUT2D eigenvalue weighted by molar-refractivity contribution is 5.75. The summed E-state index contributed by atoms with van der Waals surface area (Å²) in [6.07, 6.45) is 13.2. The van der Waals surface area contributed by atoms with Crippen LogP contribution in [0.3, 0.4) is 0 Å². The molecule has 31 heavy (non-hydrogen) atoms. The van der Waals surface area contributed by atoms with Crippen LogP contribution in [0.15, 0.2) is 12.2 Å². The molecule has 1 saturated carbocycles. The van der Waals surface area contributed by atoms with Gasteiger partial charge in [-0.2, -0.15) is 0 Å². The second-order valence-corrected chi connectivity index (χ2v) is 10.2. The first-order valence-electron chi connectivity index (χ1n) is 12.1. The second kappa shape index (κ2) is 13.6. The van der Waals surface area contributed by atoms with Gasteiger partial charge in [-0.1, -0.05) is 58.6 Å². The molecule has 0 radical (unpaired) electrons. The number of aliphatic carboxylic acids is 1. The molecule has 1 rings (SSSR count). The van der Waals surface area contributed by atoms with Gasteiger partial charge < -0.3 is 25.2 Å². The molecule has 6 nitrogen and oxygen atoms in total. The summed E-state index contributed by atoms with van der Waals surface area (Å²) in [5.74, 6) is -3.02. The van der Waals surface area contributed by atoms with Crippen LogP contribution in [0.25, 0.3) is 0 Å². The fourth-order valence-electron chi connectivity index (χ4n) is 4.46. The Morgan fingerprint density at radius 1 is 1.16 bits per heavy atom. The van der Waals surface area contributed by atoms with Crippen LogP contribution in [0.1, 0.15) is 98.3 Å². The number of aliphatic hydroxyl groups excluding tert-OH is 2. The maximum Gasteiger partial charge on any atom is 0.364 e. The summed E-state index contributed by atoms with van der Waals surface area (Å²) in [7, 11) is 0. The minimum atomic E-state index is -2.25. The van der Waals surface area contributed by atoms with Gasteiger partial charge in [0.2, 0.25) is 0 Å². The summed E-state index contributed by atoms with van der Waals surface area (Å²) in [4.78, 5) is 11.3. The number of hydrogen-bond donors (Lipinski definition) is 4. The maximum atomic E-state index is 11.3. The first kappa shape index (κ1) is 28.1. The van der Waals surface area contributed by atoms with Gasteiger partial charge in [-0.3, -0.25) is 0 Å². The van der Waals surface area contributed by atoms with Crippen molar-refractivity contribution in [3.05, 3.63) is 12.2 Å². The second-order valence-electron chi connectivity index (χ2n) is 10.2. The zero-order valence-corrected chi connectivity index (χ0v) is 20.1. The molecule has 0 amide bonds. The monoisotopic (exact) mass is 442 g/mol. The van der Waals surface area contributed by atoms with E-state index in [1.165, 1.54) is 26.2 Å². The molecule has 0 spiro atoms.